The number of hydrogen-bond acceptors (Lipinski definition) is 3. The van der Waals surface area contributed by atoms with E-state index >= 15 is 0 Å². The van der Waals surface area contributed by atoms with Crippen LogP contribution in [0.5, 0.6) is 0 Å². The van der Waals surface area contributed by atoms with Crippen LogP contribution in [-0.4, -0.2) is 42.8 Å². The van der Waals surface area contributed by atoms with Crippen LogP contribution in [0.1, 0.15) is 52.4 Å². The molecule has 2 N–H and O–H groups in total. The Labute approximate surface area is 112 Å². The van der Waals surface area contributed by atoms with E-state index in [0.29, 0.717) is 6.04 Å². The molecule has 18 heavy (non-hydrogen) atoms. The van der Waals surface area contributed by atoms with Gasteiger partial charge in [-0.25, -0.2) is 0 Å². The number of piperidine rings is 1. The zero-order valence-corrected chi connectivity index (χ0v) is 12.5. The maximum atomic E-state index is 6.43. The Bertz CT molecular complexity index is 266. The van der Waals surface area contributed by atoms with Gasteiger partial charge in [0.05, 0.1) is 5.60 Å². The van der Waals surface area contributed by atoms with Crippen LogP contribution in [-0.2, 0) is 4.74 Å². The highest BCUT2D eigenvalue weighted by atomic mass is 16.5. The van der Waals surface area contributed by atoms with Gasteiger partial charge in [-0.15, -0.1) is 0 Å². The number of nitrogens with zero attached hydrogens (tertiary/aromatic N) is 1. The Morgan fingerprint density at radius 3 is 2.33 bits per heavy atom. The SMILES string of the molecule is COC(C)(C)CCC(N)C1CC2CCC(C1)N2C. The monoisotopic (exact) mass is 254 g/mol. The molecule has 2 rings (SSSR count). The lowest BCUT2D eigenvalue weighted by molar-refractivity contribution is 0.00947. The number of rotatable bonds is 5. The van der Waals surface area contributed by atoms with E-state index in [1.165, 1.54) is 25.7 Å². The summed E-state index contributed by atoms with van der Waals surface area (Å²) in [4.78, 5) is 2.59. The van der Waals surface area contributed by atoms with E-state index in [0.717, 1.165) is 30.8 Å². The molecule has 0 aromatic heterocycles. The molecular formula is C15H30N2O. The van der Waals surface area contributed by atoms with Crippen molar-refractivity contribution in [2.75, 3.05) is 14.2 Å². The van der Waals surface area contributed by atoms with E-state index in [1.54, 1.807) is 7.11 Å². The molecule has 2 aliphatic heterocycles. The van der Waals surface area contributed by atoms with Crippen molar-refractivity contribution >= 4 is 0 Å². The second-order valence-electron chi connectivity index (χ2n) is 6.95. The van der Waals surface area contributed by atoms with Crippen LogP contribution < -0.4 is 5.73 Å². The molecule has 3 unspecified atom stereocenters. The van der Waals surface area contributed by atoms with Crippen molar-refractivity contribution in [3.05, 3.63) is 0 Å². The summed E-state index contributed by atoms with van der Waals surface area (Å²) < 4.78 is 5.48. The van der Waals surface area contributed by atoms with Gasteiger partial charge < -0.3 is 15.4 Å². The van der Waals surface area contributed by atoms with E-state index in [2.05, 4.69) is 25.8 Å². The molecule has 3 atom stereocenters. The molecule has 2 saturated heterocycles. The average molecular weight is 254 g/mol. The second-order valence-corrected chi connectivity index (χ2v) is 6.95. The topological polar surface area (TPSA) is 38.5 Å². The molecule has 0 amide bonds. The minimum atomic E-state index is -0.0257. The Morgan fingerprint density at radius 1 is 1.28 bits per heavy atom. The van der Waals surface area contributed by atoms with E-state index in [4.69, 9.17) is 10.5 Å². The highest BCUT2D eigenvalue weighted by molar-refractivity contribution is 4.96. The smallest absolute Gasteiger partial charge is 0.0623 e. The first kappa shape index (κ1) is 14.3. The predicted octanol–water partition coefficient (Wildman–Crippen LogP) is 2.39. The first-order chi connectivity index (χ1) is 8.43. The third-order valence-electron chi connectivity index (χ3n) is 5.37. The molecule has 106 valence electrons. The summed E-state index contributed by atoms with van der Waals surface area (Å²) in [6.45, 7) is 4.30. The molecule has 2 fully saturated rings. The minimum Gasteiger partial charge on any atom is -0.379 e. The molecular weight excluding hydrogens is 224 g/mol. The summed E-state index contributed by atoms with van der Waals surface area (Å²) in [7, 11) is 4.08. The lowest BCUT2D eigenvalue weighted by atomic mass is 9.82. The van der Waals surface area contributed by atoms with Crippen molar-refractivity contribution in [3.63, 3.8) is 0 Å². The molecule has 0 radical (unpaired) electrons. The van der Waals surface area contributed by atoms with E-state index in [9.17, 15) is 0 Å². The molecule has 0 aromatic rings. The predicted molar refractivity (Wildman–Crippen MR) is 75.6 cm³/mol. The van der Waals surface area contributed by atoms with Crippen molar-refractivity contribution in [3.8, 4) is 0 Å². The normalized spacial score (nSPS) is 34.8. The van der Waals surface area contributed by atoms with Crippen molar-refractivity contribution in [2.45, 2.75) is 76.1 Å². The lowest BCUT2D eigenvalue weighted by Gasteiger charge is -2.39. The first-order valence-corrected chi connectivity index (χ1v) is 7.45. The molecule has 2 heterocycles. The zero-order chi connectivity index (χ0) is 13.3. The van der Waals surface area contributed by atoms with E-state index in [1.807, 2.05) is 0 Å². The molecule has 0 aliphatic carbocycles. The maximum absolute atomic E-state index is 6.43. The van der Waals surface area contributed by atoms with Gasteiger partial charge in [-0.05, 0) is 65.3 Å². The maximum Gasteiger partial charge on any atom is 0.0623 e. The molecule has 0 aromatic carbocycles. The van der Waals surface area contributed by atoms with E-state index < -0.39 is 0 Å². The fourth-order valence-electron chi connectivity index (χ4n) is 3.66. The van der Waals surface area contributed by atoms with Crippen LogP contribution in [0.4, 0.5) is 0 Å². The van der Waals surface area contributed by atoms with Gasteiger partial charge in [0, 0.05) is 25.2 Å². The quantitative estimate of drug-likeness (QED) is 0.818. The van der Waals surface area contributed by atoms with Crippen LogP contribution in [0.2, 0.25) is 0 Å². The summed E-state index contributed by atoms with van der Waals surface area (Å²) in [6, 6.07) is 1.96. The van der Waals surface area contributed by atoms with Crippen LogP contribution >= 0.6 is 0 Å². The fourth-order valence-corrected chi connectivity index (χ4v) is 3.66. The average Bonchev–Trinajstić information content (AvgIpc) is 2.58. The van der Waals surface area contributed by atoms with Crippen molar-refractivity contribution in [2.24, 2.45) is 11.7 Å². The molecule has 0 spiro atoms. The lowest BCUT2D eigenvalue weighted by Crippen LogP contribution is -2.45. The van der Waals surface area contributed by atoms with Gasteiger partial charge in [0.25, 0.3) is 0 Å². The summed E-state index contributed by atoms with van der Waals surface area (Å²) in [5.41, 5.74) is 6.41. The number of nitrogens with two attached hydrogens (primary N) is 1. The molecule has 3 nitrogen and oxygen atoms in total. The van der Waals surface area contributed by atoms with Gasteiger partial charge in [0.15, 0.2) is 0 Å². The van der Waals surface area contributed by atoms with Crippen LogP contribution in [0, 0.1) is 5.92 Å². The summed E-state index contributed by atoms with van der Waals surface area (Å²) in [6.07, 6.45) is 7.53. The Kier molecular flexibility index (Phi) is 4.35. The van der Waals surface area contributed by atoms with Gasteiger partial charge in [0.1, 0.15) is 0 Å². The third-order valence-corrected chi connectivity index (χ3v) is 5.37. The zero-order valence-electron chi connectivity index (χ0n) is 12.5. The second kappa shape index (κ2) is 5.48. The molecule has 2 aliphatic rings. The third kappa shape index (κ3) is 3.06. The molecule has 3 heteroatoms. The summed E-state index contributed by atoms with van der Waals surface area (Å²) in [5, 5.41) is 0. The first-order valence-electron chi connectivity index (χ1n) is 7.45. The Morgan fingerprint density at radius 2 is 1.83 bits per heavy atom. The van der Waals surface area contributed by atoms with E-state index in [-0.39, 0.29) is 5.60 Å². The highest BCUT2D eigenvalue weighted by Crippen LogP contribution is 2.39. The van der Waals surface area contributed by atoms with Gasteiger partial charge in [-0.3, -0.25) is 0 Å². The van der Waals surface area contributed by atoms with Crippen molar-refractivity contribution in [1.82, 2.24) is 4.90 Å². The highest BCUT2D eigenvalue weighted by Gasteiger charge is 2.40. The van der Waals surface area contributed by atoms with Crippen LogP contribution in [0.15, 0.2) is 0 Å². The minimum absolute atomic E-state index is 0.0257. The van der Waals surface area contributed by atoms with Gasteiger partial charge in [-0.1, -0.05) is 0 Å². The Hall–Kier alpha value is -0.120. The van der Waals surface area contributed by atoms with Crippen LogP contribution in [0.3, 0.4) is 0 Å². The largest absolute Gasteiger partial charge is 0.379 e. The Balaban J connectivity index is 1.82. The standard InChI is InChI=1S/C15H30N2O/c1-15(2,18-4)8-7-14(16)11-9-12-5-6-13(10-11)17(12)3/h11-14H,5-10,16H2,1-4H3. The number of ether oxygens (including phenoxy) is 1. The summed E-state index contributed by atoms with van der Waals surface area (Å²) in [5.74, 6) is 0.728. The number of hydrogen-bond donors (Lipinski definition) is 1. The van der Waals surface area contributed by atoms with Gasteiger partial charge in [-0.2, -0.15) is 0 Å². The molecule has 2 bridgehead atoms. The van der Waals surface area contributed by atoms with Gasteiger partial charge >= 0.3 is 0 Å². The number of methoxy groups -OCH3 is 1. The fraction of sp³-hybridized carbons (Fsp3) is 1.00. The van der Waals surface area contributed by atoms with Crippen molar-refractivity contribution < 1.29 is 4.74 Å². The number of fused-ring (bicyclic) bond motifs is 2. The van der Waals surface area contributed by atoms with Gasteiger partial charge in [0.2, 0.25) is 0 Å². The summed E-state index contributed by atoms with van der Waals surface area (Å²) >= 11 is 0. The molecule has 0 saturated carbocycles. The van der Waals surface area contributed by atoms with Crippen LogP contribution in [0.25, 0.3) is 0 Å². The van der Waals surface area contributed by atoms with Crippen molar-refractivity contribution in [1.29, 1.82) is 0 Å².